The fourth-order valence-corrected chi connectivity index (χ4v) is 4.61. The first kappa shape index (κ1) is 26.9. The Hall–Kier alpha value is -4.11. The summed E-state index contributed by atoms with van der Waals surface area (Å²) in [5, 5.41) is 6.70. The van der Waals surface area contributed by atoms with E-state index in [1.165, 1.54) is 11.3 Å². The van der Waals surface area contributed by atoms with Crippen LogP contribution in [0.2, 0.25) is 0 Å². The molecule has 4 aromatic rings. The Labute approximate surface area is 226 Å². The first-order valence-electron chi connectivity index (χ1n) is 12.7. The first-order valence-corrected chi connectivity index (χ1v) is 13.9. The molecule has 0 fully saturated rings. The van der Waals surface area contributed by atoms with Crippen molar-refractivity contribution >= 4 is 33.7 Å². The summed E-state index contributed by atoms with van der Waals surface area (Å²) in [6.45, 7) is 9.20. The molecule has 0 saturated carbocycles. The van der Waals surface area contributed by atoms with Crippen molar-refractivity contribution in [3.8, 4) is 16.9 Å². The zero-order valence-corrected chi connectivity index (χ0v) is 22.8. The summed E-state index contributed by atoms with van der Waals surface area (Å²) in [5.41, 5.74) is 4.95. The van der Waals surface area contributed by atoms with Crippen molar-refractivity contribution < 1.29 is 8.95 Å². The van der Waals surface area contributed by atoms with Crippen LogP contribution in [-0.2, 0) is 10.6 Å². The Morgan fingerprint density at radius 1 is 1.03 bits per heavy atom. The minimum Gasteiger partial charge on any atom is -0.494 e. The molecule has 0 aliphatic rings. The number of hydrogen-bond acceptors (Lipinski definition) is 8. The molecule has 0 saturated heterocycles. The van der Waals surface area contributed by atoms with Gasteiger partial charge in [-0.15, -0.1) is 0 Å². The number of nitrogens with zero attached hydrogens (tertiary/aromatic N) is 3. The van der Waals surface area contributed by atoms with Gasteiger partial charge in [0.2, 0.25) is 5.95 Å². The van der Waals surface area contributed by atoms with Crippen molar-refractivity contribution in [1.82, 2.24) is 9.97 Å². The van der Waals surface area contributed by atoms with E-state index in [4.69, 9.17) is 14.5 Å². The van der Waals surface area contributed by atoms with Crippen LogP contribution in [0.1, 0.15) is 19.4 Å². The number of likely N-dealkylation sites (N-methyl/N-ethyl adjacent to an activating group) is 1. The van der Waals surface area contributed by atoms with E-state index in [1.54, 1.807) is 24.4 Å². The molecule has 198 valence electrons. The van der Waals surface area contributed by atoms with Crippen LogP contribution in [0, 0.1) is 11.7 Å². The van der Waals surface area contributed by atoms with Crippen molar-refractivity contribution in [2.45, 2.75) is 25.7 Å². The van der Waals surface area contributed by atoms with Crippen molar-refractivity contribution in [3.05, 3.63) is 84.6 Å². The fourth-order valence-electron chi connectivity index (χ4n) is 4.13. The average Bonchev–Trinajstić information content (AvgIpc) is 2.92. The number of anilines is 4. The topological polar surface area (TPSA) is 103 Å². The summed E-state index contributed by atoms with van der Waals surface area (Å²) in [4.78, 5) is 12.1. The molecule has 0 spiro atoms. The highest BCUT2D eigenvalue weighted by Gasteiger charge is 2.12. The van der Waals surface area contributed by atoms with Crippen molar-refractivity contribution in [3.63, 3.8) is 0 Å². The Morgan fingerprint density at radius 2 is 1.82 bits per heavy atom. The summed E-state index contributed by atoms with van der Waals surface area (Å²) in [7, 11) is -2.18. The number of benzene rings is 3. The molecule has 0 aliphatic carbocycles. The van der Waals surface area contributed by atoms with Crippen molar-refractivity contribution in [2.24, 2.45) is 0 Å². The third kappa shape index (κ3) is 7.01. The lowest BCUT2D eigenvalue weighted by atomic mass is 10.1. The minimum atomic E-state index is -2.18. The molecule has 1 atom stereocenters. The normalized spacial score (nSPS) is 11.6. The molecule has 3 aromatic carbocycles. The standard InChI is InChI=1S/C29H34N6O2S/c1-4-35(24-10-6-8-21(3)18-24)17-16-31-28-27(22-12-14-25(15-13-22)37-5-2)20-32-29(34-28)33-23-9-7-11-26(19-23)38(30)36/h6-15,18-20,30,38H,4-5,16-17H2,1-3H3,(H2,31,32,33,34). The minimum absolute atomic E-state index is 0.408. The maximum atomic E-state index is 11.6. The lowest BCUT2D eigenvalue weighted by molar-refractivity contribution is 0.340. The second-order valence-electron chi connectivity index (χ2n) is 8.73. The van der Waals surface area contributed by atoms with E-state index in [2.05, 4.69) is 58.6 Å². The van der Waals surface area contributed by atoms with E-state index >= 15 is 0 Å². The summed E-state index contributed by atoms with van der Waals surface area (Å²) in [5.74, 6) is 1.93. The predicted molar refractivity (Wildman–Crippen MR) is 156 cm³/mol. The summed E-state index contributed by atoms with van der Waals surface area (Å²) < 4.78 is 24.7. The average molecular weight is 531 g/mol. The monoisotopic (exact) mass is 530 g/mol. The SMILES string of the molecule is CCOc1ccc(-c2cnc(Nc3cccc([SH](=N)=O)c3)nc2NCCN(CC)c2cccc(C)c2)cc1. The van der Waals surface area contributed by atoms with E-state index in [9.17, 15) is 4.21 Å². The number of aromatic nitrogens is 2. The molecule has 1 heterocycles. The zero-order chi connectivity index (χ0) is 26.9. The van der Waals surface area contributed by atoms with Crippen LogP contribution in [0.3, 0.4) is 0 Å². The van der Waals surface area contributed by atoms with E-state index in [0.717, 1.165) is 30.0 Å². The number of hydrogen-bond donors (Lipinski definition) is 4. The van der Waals surface area contributed by atoms with E-state index in [1.807, 2.05) is 37.3 Å². The number of nitrogens with one attached hydrogen (secondary N) is 3. The molecule has 3 N–H and O–H groups in total. The van der Waals surface area contributed by atoms with Gasteiger partial charge in [0.05, 0.1) is 17.2 Å². The van der Waals surface area contributed by atoms with Crippen molar-refractivity contribution in [1.29, 1.82) is 4.78 Å². The first-order chi connectivity index (χ1) is 18.5. The number of thiol groups is 1. The zero-order valence-electron chi connectivity index (χ0n) is 21.9. The third-order valence-corrected chi connectivity index (χ3v) is 6.77. The molecule has 0 amide bonds. The van der Waals surface area contributed by atoms with Crippen LogP contribution in [0.25, 0.3) is 11.1 Å². The van der Waals surface area contributed by atoms with Crippen molar-refractivity contribution in [2.75, 3.05) is 41.8 Å². The number of ether oxygens (including phenoxy) is 1. The molecule has 0 aliphatic heterocycles. The molecular weight excluding hydrogens is 496 g/mol. The Bertz CT molecular complexity index is 1430. The van der Waals surface area contributed by atoms with Gasteiger partial charge in [-0.1, -0.05) is 30.3 Å². The van der Waals surface area contributed by atoms with Crippen LogP contribution in [0.15, 0.2) is 83.9 Å². The predicted octanol–water partition coefficient (Wildman–Crippen LogP) is 6.13. The highest BCUT2D eigenvalue weighted by molar-refractivity contribution is 7.73. The molecule has 1 unspecified atom stereocenters. The van der Waals surface area contributed by atoms with Gasteiger partial charge in [0.25, 0.3) is 0 Å². The van der Waals surface area contributed by atoms with Gasteiger partial charge in [-0.25, -0.2) is 9.19 Å². The highest BCUT2D eigenvalue weighted by Crippen LogP contribution is 2.29. The molecule has 0 bridgehead atoms. The Balaban J connectivity index is 1.58. The van der Waals surface area contributed by atoms with Gasteiger partial charge in [0.15, 0.2) is 0 Å². The molecule has 9 heteroatoms. The van der Waals surface area contributed by atoms with E-state index in [0.29, 0.717) is 35.5 Å². The smallest absolute Gasteiger partial charge is 0.229 e. The van der Waals surface area contributed by atoms with Gasteiger partial charge in [0, 0.05) is 47.7 Å². The second-order valence-corrected chi connectivity index (χ2v) is 9.83. The van der Waals surface area contributed by atoms with Gasteiger partial charge in [0.1, 0.15) is 11.6 Å². The van der Waals surface area contributed by atoms with Gasteiger partial charge < -0.3 is 20.3 Å². The number of aryl methyl sites for hydroxylation is 1. The summed E-state index contributed by atoms with van der Waals surface area (Å²) >= 11 is 0. The number of rotatable bonds is 12. The van der Waals surface area contributed by atoms with E-state index < -0.39 is 10.6 Å². The maximum absolute atomic E-state index is 11.6. The van der Waals surface area contributed by atoms with Gasteiger partial charge >= 0.3 is 0 Å². The fraction of sp³-hybridized carbons (Fsp3) is 0.241. The molecule has 4 rings (SSSR count). The van der Waals surface area contributed by atoms with E-state index in [-0.39, 0.29) is 0 Å². The van der Waals surface area contributed by atoms with Crippen LogP contribution >= 0.6 is 0 Å². The second kappa shape index (κ2) is 12.9. The van der Waals surface area contributed by atoms with Gasteiger partial charge in [-0.05, 0) is 74.4 Å². The Kier molecular flexibility index (Phi) is 9.16. The van der Waals surface area contributed by atoms with Gasteiger partial charge in [-0.2, -0.15) is 4.98 Å². The van der Waals surface area contributed by atoms with Crippen LogP contribution in [0.5, 0.6) is 5.75 Å². The quantitative estimate of drug-likeness (QED) is 0.163. The van der Waals surface area contributed by atoms with Crippen LogP contribution < -0.4 is 20.3 Å². The third-order valence-electron chi connectivity index (χ3n) is 6.02. The Morgan fingerprint density at radius 3 is 2.53 bits per heavy atom. The highest BCUT2D eigenvalue weighted by atomic mass is 32.2. The lowest BCUT2D eigenvalue weighted by Crippen LogP contribution is -2.29. The van der Waals surface area contributed by atoms with Crippen LogP contribution in [-0.4, -0.2) is 40.4 Å². The summed E-state index contributed by atoms with van der Waals surface area (Å²) in [6.07, 6.45) is 1.79. The lowest BCUT2D eigenvalue weighted by Gasteiger charge is -2.24. The largest absolute Gasteiger partial charge is 0.494 e. The van der Waals surface area contributed by atoms with Gasteiger partial charge in [-0.3, -0.25) is 4.78 Å². The molecule has 1 aromatic heterocycles. The summed E-state index contributed by atoms with van der Waals surface area (Å²) in [6, 6.07) is 23.4. The molecule has 0 radical (unpaired) electrons. The molecular formula is C29H34N6O2S. The molecule has 38 heavy (non-hydrogen) atoms. The molecule has 8 nitrogen and oxygen atoms in total. The van der Waals surface area contributed by atoms with Crippen LogP contribution in [0.4, 0.5) is 23.1 Å². The maximum Gasteiger partial charge on any atom is 0.229 e.